The number of carbonyl (C=O) groups is 4. The predicted molar refractivity (Wildman–Crippen MR) is 417 cm³/mol. The van der Waals surface area contributed by atoms with E-state index < -0.39 is 97.5 Å². The second-order valence-electron chi connectivity index (χ2n) is 24.1. The maximum Gasteiger partial charge on any atom is 0.472 e. The Bertz CT molecular complexity index is 2700. The second-order valence-corrected chi connectivity index (χ2v) is 27.0. The van der Waals surface area contributed by atoms with Crippen LogP contribution in [0, 0.1) is 0 Å². The van der Waals surface area contributed by atoms with Crippen LogP contribution in [0.25, 0.3) is 0 Å². The highest BCUT2D eigenvalue weighted by Gasteiger charge is 2.30. The molecule has 3 N–H and O–H groups in total. The number of aliphatic hydroxyl groups excluding tert-OH is 1. The number of allylic oxidation sites excluding steroid dienone is 32. The van der Waals surface area contributed by atoms with E-state index in [1.807, 2.05) is 30.4 Å². The predicted octanol–water partition coefficient (Wildman–Crippen LogP) is 21.8. The van der Waals surface area contributed by atoms with Crippen LogP contribution in [0.3, 0.4) is 0 Å². The van der Waals surface area contributed by atoms with E-state index in [1.165, 1.54) is 6.42 Å². The third-order valence-electron chi connectivity index (χ3n) is 14.5. The molecule has 0 aliphatic rings. The van der Waals surface area contributed by atoms with Crippen molar-refractivity contribution in [3.63, 3.8) is 0 Å². The molecule has 0 aromatic carbocycles. The van der Waals surface area contributed by atoms with Crippen LogP contribution in [0.5, 0.6) is 0 Å². The molecule has 0 saturated heterocycles. The minimum Gasteiger partial charge on any atom is -0.462 e. The first-order chi connectivity index (χ1) is 49.7. The molecule has 0 aromatic heterocycles. The minimum absolute atomic E-state index is 0.00868. The summed E-state index contributed by atoms with van der Waals surface area (Å²) in [5.74, 6) is -2.43. The Morgan fingerprint density at radius 1 is 0.284 bits per heavy atom. The monoisotopic (exact) mass is 1460 g/mol. The lowest BCUT2D eigenvalue weighted by molar-refractivity contribution is -0.161. The van der Waals surface area contributed by atoms with Crippen molar-refractivity contribution in [3.05, 3.63) is 194 Å². The zero-order chi connectivity index (χ0) is 74.6. The quantitative estimate of drug-likeness (QED) is 0.0169. The molecule has 0 aliphatic heterocycles. The van der Waals surface area contributed by atoms with Gasteiger partial charge in [0.15, 0.2) is 12.2 Å². The van der Waals surface area contributed by atoms with Crippen molar-refractivity contribution in [1.29, 1.82) is 0 Å². The number of phosphoric acid groups is 2. The van der Waals surface area contributed by atoms with Crippen LogP contribution in [-0.4, -0.2) is 96.7 Å². The van der Waals surface area contributed by atoms with E-state index in [2.05, 4.69) is 192 Å². The van der Waals surface area contributed by atoms with Crippen LogP contribution in [0.4, 0.5) is 0 Å². The van der Waals surface area contributed by atoms with Gasteiger partial charge in [-0.2, -0.15) is 0 Å². The maximum absolute atomic E-state index is 13.1. The Morgan fingerprint density at radius 3 is 0.912 bits per heavy atom. The highest BCUT2D eigenvalue weighted by atomic mass is 31.2. The molecule has 0 saturated carbocycles. The Labute approximate surface area is 615 Å². The number of rotatable bonds is 68. The Hall–Kier alpha value is -6.10. The van der Waals surface area contributed by atoms with Crippen molar-refractivity contribution in [2.45, 2.75) is 264 Å². The van der Waals surface area contributed by atoms with E-state index in [9.17, 15) is 43.2 Å². The zero-order valence-electron chi connectivity index (χ0n) is 62.4. The number of carbonyl (C=O) groups excluding carboxylic acids is 4. The van der Waals surface area contributed by atoms with Crippen LogP contribution in [0.1, 0.15) is 246 Å². The summed E-state index contributed by atoms with van der Waals surface area (Å²) < 4.78 is 68.2. The van der Waals surface area contributed by atoms with Gasteiger partial charge in [0.05, 0.1) is 26.4 Å². The molecular weight excluding hydrogens is 1330 g/mol. The van der Waals surface area contributed by atoms with Crippen LogP contribution in [-0.2, 0) is 65.4 Å². The number of phosphoric ester groups is 2. The smallest absolute Gasteiger partial charge is 0.462 e. The first-order valence-electron chi connectivity index (χ1n) is 37.7. The number of esters is 4. The summed E-state index contributed by atoms with van der Waals surface area (Å²) in [5.41, 5.74) is 0. The minimum atomic E-state index is -5.02. The lowest BCUT2D eigenvalue weighted by Gasteiger charge is -2.21. The van der Waals surface area contributed by atoms with E-state index in [1.54, 1.807) is 0 Å². The molecule has 0 bridgehead atoms. The fraction of sp³-hybridized carbons (Fsp3) is 0.566. The number of ether oxygens (including phenoxy) is 4. The summed E-state index contributed by atoms with van der Waals surface area (Å²) in [7, 11) is -10.0. The van der Waals surface area contributed by atoms with Crippen LogP contribution >= 0.6 is 15.6 Å². The third kappa shape index (κ3) is 72.3. The molecule has 0 aromatic rings. The van der Waals surface area contributed by atoms with Gasteiger partial charge in [-0.15, -0.1) is 0 Å². The van der Waals surface area contributed by atoms with E-state index in [0.29, 0.717) is 38.5 Å². The van der Waals surface area contributed by atoms with Gasteiger partial charge in [-0.05, 0) is 161 Å². The van der Waals surface area contributed by atoms with Crippen molar-refractivity contribution >= 4 is 39.5 Å². The number of hydrogen-bond acceptors (Lipinski definition) is 15. The number of unbranched alkanes of at least 4 members (excludes halogenated alkanes) is 10. The van der Waals surface area contributed by atoms with Gasteiger partial charge in [-0.3, -0.25) is 37.3 Å². The molecule has 19 heteroatoms. The molecule has 102 heavy (non-hydrogen) atoms. The summed E-state index contributed by atoms with van der Waals surface area (Å²) in [5, 5.41) is 10.6. The maximum atomic E-state index is 13.1. The molecule has 5 atom stereocenters. The first kappa shape index (κ1) is 95.9. The Morgan fingerprint density at radius 2 is 0.539 bits per heavy atom. The van der Waals surface area contributed by atoms with Gasteiger partial charge >= 0.3 is 39.5 Å². The SMILES string of the molecule is CC/C=C\C/C=C\C/C=C\C/C=C\C/C=C\C/C=C\CCC(=O)OCC(COP(=O)(O)OCC(O)COP(=O)(O)OCC(COC(=O)CCCC/C=C\C/C=C\C/C=C\C/C=C\CC)OC(=O)CCCCCCC/C=C\CCCC)OC(=O)CCC/C=C\C/C=C\C/C=C\C/C=C\C/C=C\CC. The van der Waals surface area contributed by atoms with E-state index in [4.69, 9.17) is 37.0 Å². The highest BCUT2D eigenvalue weighted by Crippen LogP contribution is 2.45. The van der Waals surface area contributed by atoms with Gasteiger partial charge < -0.3 is 33.8 Å². The van der Waals surface area contributed by atoms with Crippen molar-refractivity contribution in [1.82, 2.24) is 0 Å². The standard InChI is InChI=1S/C83H130O17P2/c1-5-9-13-17-21-25-29-32-35-37-38-40-42-45-49-52-56-60-64-68-81(86)94-74-79(100-83(88)70-66-62-58-54-50-46-43-39-36-33-30-26-22-18-14-10-6-2)76-98-102(91,92)96-72-77(84)71-95-101(89,90)97-75-78(99-82(87)69-65-61-57-53-47-28-24-20-16-12-8-4)73-93-80(85)67-63-59-55-51-48-44-41-34-31-27-23-19-15-11-7-3/h9-11,13-15,20-27,32-36,38,40-41,43,45-46,48-49,51,54,56,58,60,77-79,84H,5-8,12,16-19,28-31,37,39,42,44,47,50,52-53,55,57,59,61-76H2,1-4H3,(H,89,90)(H,91,92)/b13-9-,14-10-,15-11-,24-20-,25-21-,26-22-,27-23-,35-32-,36-33-,40-38-,41-34-,46-43-,49-45-,51-48-,58-54-,60-56-. The van der Waals surface area contributed by atoms with Crippen LogP contribution in [0.2, 0.25) is 0 Å². The average molecular weight is 1460 g/mol. The van der Waals surface area contributed by atoms with Gasteiger partial charge in [0.25, 0.3) is 0 Å². The third-order valence-corrected chi connectivity index (χ3v) is 16.4. The van der Waals surface area contributed by atoms with E-state index in [0.717, 1.165) is 148 Å². The van der Waals surface area contributed by atoms with Crippen LogP contribution < -0.4 is 0 Å². The molecule has 0 rings (SSSR count). The molecule has 17 nitrogen and oxygen atoms in total. The number of hydrogen-bond donors (Lipinski definition) is 3. The van der Waals surface area contributed by atoms with Gasteiger partial charge in [0.2, 0.25) is 0 Å². The molecule has 5 unspecified atom stereocenters. The lowest BCUT2D eigenvalue weighted by Crippen LogP contribution is -2.30. The highest BCUT2D eigenvalue weighted by molar-refractivity contribution is 7.47. The van der Waals surface area contributed by atoms with Crippen molar-refractivity contribution in [2.24, 2.45) is 0 Å². The lowest BCUT2D eigenvalue weighted by atomic mass is 10.1. The Kier molecular flexibility index (Phi) is 68.8. The average Bonchev–Trinajstić information content (AvgIpc) is 0.921. The number of aliphatic hydroxyl groups is 1. The molecule has 574 valence electrons. The molecular formula is C83H130O17P2. The second kappa shape index (κ2) is 73.2. The van der Waals surface area contributed by atoms with Crippen molar-refractivity contribution in [2.75, 3.05) is 39.6 Å². The topological polar surface area (TPSA) is 237 Å². The largest absolute Gasteiger partial charge is 0.472 e. The van der Waals surface area contributed by atoms with Crippen LogP contribution in [0.15, 0.2) is 194 Å². The van der Waals surface area contributed by atoms with Gasteiger partial charge in [-0.25, -0.2) is 9.13 Å². The summed E-state index contributed by atoms with van der Waals surface area (Å²) >= 11 is 0. The van der Waals surface area contributed by atoms with E-state index >= 15 is 0 Å². The summed E-state index contributed by atoms with van der Waals surface area (Å²) in [6.07, 6.45) is 88.9. The van der Waals surface area contributed by atoms with E-state index in [-0.39, 0.29) is 25.7 Å². The zero-order valence-corrected chi connectivity index (χ0v) is 64.2. The molecule has 0 amide bonds. The fourth-order valence-electron chi connectivity index (χ4n) is 8.90. The summed E-state index contributed by atoms with van der Waals surface area (Å²) in [6, 6.07) is 0. The van der Waals surface area contributed by atoms with Gasteiger partial charge in [0, 0.05) is 25.7 Å². The summed E-state index contributed by atoms with van der Waals surface area (Å²) in [6.45, 7) is 4.22. The van der Waals surface area contributed by atoms with Crippen molar-refractivity contribution in [3.8, 4) is 0 Å². The molecule has 0 aliphatic carbocycles. The van der Waals surface area contributed by atoms with Gasteiger partial charge in [0.1, 0.15) is 19.3 Å². The van der Waals surface area contributed by atoms with Gasteiger partial charge in [-0.1, -0.05) is 254 Å². The first-order valence-corrected chi connectivity index (χ1v) is 40.7. The van der Waals surface area contributed by atoms with Crippen molar-refractivity contribution < 1.29 is 80.2 Å². The molecule has 0 spiro atoms. The molecule has 0 radical (unpaired) electrons. The molecule has 0 heterocycles. The molecule has 0 fully saturated rings. The Balaban J connectivity index is 5.52. The fourth-order valence-corrected chi connectivity index (χ4v) is 10.5. The summed E-state index contributed by atoms with van der Waals surface area (Å²) in [4.78, 5) is 72.8. The normalized spacial score (nSPS) is 15.0.